The van der Waals surface area contributed by atoms with Gasteiger partial charge in [0.05, 0.1) is 11.2 Å². The van der Waals surface area contributed by atoms with Gasteiger partial charge in [-0.3, -0.25) is 0 Å². The largest absolute Gasteiger partial charge is 0.508 e. The van der Waals surface area contributed by atoms with Gasteiger partial charge in [-0.1, -0.05) is 0 Å². The molecule has 0 spiro atoms. The molecule has 1 heterocycles. The van der Waals surface area contributed by atoms with E-state index in [9.17, 15) is 0 Å². The number of benzene rings is 1. The molecule has 0 fully saturated rings. The number of thioether (sulfide) groups is 1. The molecule has 2 rings (SSSR count). The maximum absolute atomic E-state index is 9.09. The lowest BCUT2D eigenvalue weighted by atomic mass is 10.3. The molecule has 14 heavy (non-hydrogen) atoms. The Morgan fingerprint density at radius 3 is 2.71 bits per heavy atom. The molecule has 0 radical (unpaired) electrons. The zero-order valence-electron chi connectivity index (χ0n) is 7.38. The molecule has 0 unspecified atom stereocenters. The van der Waals surface area contributed by atoms with Crippen molar-refractivity contribution in [2.75, 3.05) is 0 Å². The second-order valence-electron chi connectivity index (χ2n) is 2.76. The zero-order chi connectivity index (χ0) is 9.80. The maximum Gasteiger partial charge on any atom is 0.115 e. The smallest absolute Gasteiger partial charge is 0.115 e. The molecule has 0 amide bonds. The van der Waals surface area contributed by atoms with Gasteiger partial charge >= 0.3 is 0 Å². The van der Waals surface area contributed by atoms with Crippen molar-refractivity contribution < 1.29 is 5.11 Å². The highest BCUT2D eigenvalue weighted by molar-refractivity contribution is 7.98. The van der Waals surface area contributed by atoms with E-state index < -0.39 is 0 Å². The summed E-state index contributed by atoms with van der Waals surface area (Å²) < 4.78 is 0. The van der Waals surface area contributed by atoms with Crippen molar-refractivity contribution in [2.24, 2.45) is 0 Å². The van der Waals surface area contributed by atoms with Gasteiger partial charge in [0.15, 0.2) is 0 Å². The molecule has 2 aromatic rings. The predicted octanol–water partition coefficient (Wildman–Crippen LogP) is 3.14. The van der Waals surface area contributed by atoms with Crippen LogP contribution in [-0.4, -0.2) is 10.1 Å². The third kappa shape index (κ3) is 2.49. The quantitative estimate of drug-likeness (QED) is 0.811. The summed E-state index contributed by atoms with van der Waals surface area (Å²) >= 11 is 3.33. The summed E-state index contributed by atoms with van der Waals surface area (Å²) in [6, 6.07) is 7.21. The maximum atomic E-state index is 9.09. The van der Waals surface area contributed by atoms with Crippen LogP contribution < -0.4 is 0 Å². The molecule has 72 valence electrons. The fourth-order valence-corrected chi connectivity index (χ4v) is 2.47. The highest BCUT2D eigenvalue weighted by atomic mass is 32.2. The van der Waals surface area contributed by atoms with Crippen LogP contribution in [0.3, 0.4) is 0 Å². The van der Waals surface area contributed by atoms with Crippen molar-refractivity contribution in [2.45, 2.75) is 10.6 Å². The van der Waals surface area contributed by atoms with Crippen LogP contribution in [0.1, 0.15) is 5.69 Å². The SMILES string of the molecule is Oc1ccc(SCc2cscn2)cc1. The summed E-state index contributed by atoms with van der Waals surface area (Å²) in [5.74, 6) is 1.19. The third-order valence-corrected chi connectivity index (χ3v) is 3.39. The van der Waals surface area contributed by atoms with Gasteiger partial charge < -0.3 is 5.11 Å². The fraction of sp³-hybridized carbons (Fsp3) is 0.100. The van der Waals surface area contributed by atoms with E-state index in [0.717, 1.165) is 16.3 Å². The Labute approximate surface area is 90.6 Å². The molecular formula is C10H9NOS2. The molecule has 1 aromatic heterocycles. The first kappa shape index (κ1) is 9.55. The Morgan fingerprint density at radius 2 is 2.07 bits per heavy atom. The topological polar surface area (TPSA) is 33.1 Å². The van der Waals surface area contributed by atoms with Gasteiger partial charge in [0.2, 0.25) is 0 Å². The summed E-state index contributed by atoms with van der Waals surface area (Å²) in [7, 11) is 0. The molecule has 0 saturated heterocycles. The lowest BCUT2D eigenvalue weighted by molar-refractivity contribution is 0.475. The van der Waals surface area contributed by atoms with Gasteiger partial charge in [-0.25, -0.2) is 4.98 Å². The van der Waals surface area contributed by atoms with Gasteiger partial charge in [-0.2, -0.15) is 0 Å². The minimum Gasteiger partial charge on any atom is -0.508 e. The van der Waals surface area contributed by atoms with Crippen LogP contribution in [0.5, 0.6) is 5.75 Å². The van der Waals surface area contributed by atoms with Crippen LogP contribution in [0.15, 0.2) is 40.1 Å². The van der Waals surface area contributed by atoms with E-state index in [1.807, 2.05) is 23.0 Å². The molecule has 0 aliphatic rings. The number of aromatic hydroxyl groups is 1. The number of rotatable bonds is 3. The van der Waals surface area contributed by atoms with Gasteiger partial charge in [0.1, 0.15) is 5.75 Å². The van der Waals surface area contributed by atoms with E-state index in [4.69, 9.17) is 5.11 Å². The number of hydrogen-bond donors (Lipinski definition) is 1. The van der Waals surface area contributed by atoms with E-state index in [2.05, 4.69) is 4.98 Å². The van der Waals surface area contributed by atoms with Crippen LogP contribution in [0.4, 0.5) is 0 Å². The molecule has 0 atom stereocenters. The molecular weight excluding hydrogens is 214 g/mol. The summed E-state index contributed by atoms with van der Waals surface area (Å²) in [5.41, 5.74) is 2.94. The number of nitrogens with zero attached hydrogens (tertiary/aromatic N) is 1. The fourth-order valence-electron chi connectivity index (χ4n) is 1.01. The Balaban J connectivity index is 1.95. The summed E-state index contributed by atoms with van der Waals surface area (Å²) in [5, 5.41) is 11.1. The average molecular weight is 223 g/mol. The molecule has 1 N–H and O–H groups in total. The summed E-state index contributed by atoms with van der Waals surface area (Å²) in [6.07, 6.45) is 0. The van der Waals surface area contributed by atoms with Crippen molar-refractivity contribution in [3.8, 4) is 5.75 Å². The molecule has 1 aromatic carbocycles. The van der Waals surface area contributed by atoms with Crippen LogP contribution in [-0.2, 0) is 5.75 Å². The van der Waals surface area contributed by atoms with Crippen molar-refractivity contribution in [1.29, 1.82) is 0 Å². The predicted molar refractivity (Wildman–Crippen MR) is 59.8 cm³/mol. The third-order valence-electron chi connectivity index (χ3n) is 1.71. The van der Waals surface area contributed by atoms with E-state index in [1.165, 1.54) is 0 Å². The highest BCUT2D eigenvalue weighted by Gasteiger charge is 1.97. The van der Waals surface area contributed by atoms with E-state index in [1.54, 1.807) is 35.2 Å². The molecule has 0 bridgehead atoms. The zero-order valence-corrected chi connectivity index (χ0v) is 9.02. The van der Waals surface area contributed by atoms with Gasteiger partial charge in [-0.05, 0) is 24.3 Å². The second kappa shape index (κ2) is 4.48. The van der Waals surface area contributed by atoms with Crippen molar-refractivity contribution in [3.05, 3.63) is 40.8 Å². The van der Waals surface area contributed by atoms with Crippen molar-refractivity contribution in [3.63, 3.8) is 0 Å². The first-order valence-electron chi connectivity index (χ1n) is 4.13. The van der Waals surface area contributed by atoms with E-state index in [-0.39, 0.29) is 0 Å². The molecule has 0 aliphatic carbocycles. The van der Waals surface area contributed by atoms with Crippen molar-refractivity contribution in [1.82, 2.24) is 4.98 Å². The average Bonchev–Trinajstić information content (AvgIpc) is 2.70. The standard InChI is InChI=1S/C10H9NOS2/c12-9-1-3-10(4-2-9)14-6-8-5-13-7-11-8/h1-5,7,12H,6H2. The van der Waals surface area contributed by atoms with Gasteiger partial charge in [0, 0.05) is 16.0 Å². The van der Waals surface area contributed by atoms with Crippen LogP contribution in [0.2, 0.25) is 0 Å². The van der Waals surface area contributed by atoms with Gasteiger partial charge in [0.25, 0.3) is 0 Å². The van der Waals surface area contributed by atoms with Crippen LogP contribution >= 0.6 is 23.1 Å². The highest BCUT2D eigenvalue weighted by Crippen LogP contribution is 2.24. The molecule has 0 saturated carbocycles. The Kier molecular flexibility index (Phi) is 3.06. The minimum absolute atomic E-state index is 0.308. The lowest BCUT2D eigenvalue weighted by Gasteiger charge is -1.98. The second-order valence-corrected chi connectivity index (χ2v) is 4.53. The number of aromatic nitrogens is 1. The number of phenolic OH excluding ortho intramolecular Hbond substituents is 1. The lowest BCUT2D eigenvalue weighted by Crippen LogP contribution is -1.78. The first-order chi connectivity index (χ1) is 6.84. The van der Waals surface area contributed by atoms with Crippen LogP contribution in [0.25, 0.3) is 0 Å². The van der Waals surface area contributed by atoms with Crippen LogP contribution in [0, 0.1) is 0 Å². The van der Waals surface area contributed by atoms with Gasteiger partial charge in [-0.15, -0.1) is 23.1 Å². The molecule has 2 nitrogen and oxygen atoms in total. The number of phenols is 1. The number of thiazole rings is 1. The monoisotopic (exact) mass is 223 g/mol. The Morgan fingerprint density at radius 1 is 1.29 bits per heavy atom. The Bertz CT molecular complexity index is 383. The first-order valence-corrected chi connectivity index (χ1v) is 6.06. The molecule has 4 heteroatoms. The molecule has 0 aliphatic heterocycles. The minimum atomic E-state index is 0.308. The Hall–Kier alpha value is -1.00. The van der Waals surface area contributed by atoms with E-state index in [0.29, 0.717) is 5.75 Å². The summed E-state index contributed by atoms with van der Waals surface area (Å²) in [6.45, 7) is 0. The van der Waals surface area contributed by atoms with Crippen molar-refractivity contribution >= 4 is 23.1 Å². The summed E-state index contributed by atoms with van der Waals surface area (Å²) in [4.78, 5) is 5.35. The normalized spacial score (nSPS) is 10.3. The van der Waals surface area contributed by atoms with E-state index >= 15 is 0 Å². The number of hydrogen-bond acceptors (Lipinski definition) is 4.